The molecule has 1 heterocycles. The van der Waals surface area contributed by atoms with Gasteiger partial charge in [-0.2, -0.15) is 0 Å². The summed E-state index contributed by atoms with van der Waals surface area (Å²) in [5.74, 6) is 0.374. The van der Waals surface area contributed by atoms with E-state index >= 15 is 0 Å². The van der Waals surface area contributed by atoms with Crippen LogP contribution in [0.4, 0.5) is 0 Å². The first-order valence-corrected chi connectivity index (χ1v) is 12.2. The molecular weight excluding hydrogens is 537 g/mol. The molecule has 0 N–H and O–H groups in total. The number of hydrogen-bond donors (Lipinski definition) is 0. The molecule has 0 bridgehead atoms. The zero-order valence-electron chi connectivity index (χ0n) is 18.6. The Balaban J connectivity index is 1.72. The lowest BCUT2D eigenvalue weighted by Gasteiger charge is -2.17. The minimum absolute atomic E-state index is 0.328. The van der Waals surface area contributed by atoms with Gasteiger partial charge in [-0.05, 0) is 80.1 Å². The fourth-order valence-corrected chi connectivity index (χ4v) is 4.38. The maximum Gasteiger partial charge on any atom is 0.338 e. The number of hydrogen-bond acceptors (Lipinski definition) is 3. The van der Waals surface area contributed by atoms with Crippen molar-refractivity contribution < 1.29 is 14.3 Å². The van der Waals surface area contributed by atoms with Gasteiger partial charge in [0.15, 0.2) is 0 Å². The topological polar surface area (TPSA) is 40.5 Å². The number of rotatable bonds is 7. The van der Waals surface area contributed by atoms with Crippen LogP contribution in [0.2, 0.25) is 10.0 Å². The van der Waals surface area contributed by atoms with Crippen LogP contribution >= 0.6 is 39.1 Å². The first kappa shape index (κ1) is 24.4. The van der Waals surface area contributed by atoms with Gasteiger partial charge in [-0.1, -0.05) is 51.3 Å². The second kappa shape index (κ2) is 10.7. The van der Waals surface area contributed by atoms with Crippen LogP contribution in [0.3, 0.4) is 0 Å². The molecule has 0 saturated heterocycles. The standard InChI is InChI=1S/C27H22BrCl2NO3/c1-3-33-27(32)19-5-4-6-21(14-19)31-17(2)7-11-25(31)22-15-20(28)9-12-26(22)34-16-18-8-10-23(29)24(30)13-18/h4-15H,3,16H2,1-2H3. The van der Waals surface area contributed by atoms with Gasteiger partial charge in [0, 0.05) is 21.4 Å². The Hall–Kier alpha value is -2.73. The fourth-order valence-electron chi connectivity index (χ4n) is 3.70. The van der Waals surface area contributed by atoms with Crippen molar-refractivity contribution in [3.05, 3.63) is 104 Å². The van der Waals surface area contributed by atoms with Gasteiger partial charge in [-0.15, -0.1) is 0 Å². The van der Waals surface area contributed by atoms with Gasteiger partial charge < -0.3 is 14.0 Å². The Morgan fingerprint density at radius 1 is 0.971 bits per heavy atom. The number of carbonyl (C=O) groups excluding carboxylic acids is 1. The summed E-state index contributed by atoms with van der Waals surface area (Å²) >= 11 is 15.8. The maximum absolute atomic E-state index is 12.3. The number of carbonyl (C=O) groups is 1. The number of benzene rings is 3. The summed E-state index contributed by atoms with van der Waals surface area (Å²) in [6.07, 6.45) is 0. The van der Waals surface area contributed by atoms with Gasteiger partial charge in [0.1, 0.15) is 12.4 Å². The number of aryl methyl sites for hydroxylation is 1. The summed E-state index contributed by atoms with van der Waals surface area (Å²) in [4.78, 5) is 12.3. The molecule has 0 aliphatic carbocycles. The smallest absolute Gasteiger partial charge is 0.338 e. The highest BCUT2D eigenvalue weighted by molar-refractivity contribution is 9.10. The van der Waals surface area contributed by atoms with Crippen molar-refractivity contribution in [3.8, 4) is 22.7 Å². The van der Waals surface area contributed by atoms with E-state index in [-0.39, 0.29) is 5.97 Å². The van der Waals surface area contributed by atoms with Gasteiger partial charge in [-0.25, -0.2) is 4.79 Å². The molecule has 3 aromatic carbocycles. The van der Waals surface area contributed by atoms with Crippen molar-refractivity contribution in [2.45, 2.75) is 20.5 Å². The van der Waals surface area contributed by atoms with Crippen molar-refractivity contribution in [1.29, 1.82) is 0 Å². The van der Waals surface area contributed by atoms with E-state index in [0.29, 0.717) is 28.8 Å². The molecule has 0 radical (unpaired) electrons. The third-order valence-electron chi connectivity index (χ3n) is 5.29. The third kappa shape index (κ3) is 5.33. The lowest BCUT2D eigenvalue weighted by molar-refractivity contribution is 0.0526. The molecule has 34 heavy (non-hydrogen) atoms. The van der Waals surface area contributed by atoms with E-state index in [1.165, 1.54) is 0 Å². The van der Waals surface area contributed by atoms with Crippen molar-refractivity contribution in [1.82, 2.24) is 4.57 Å². The summed E-state index contributed by atoms with van der Waals surface area (Å²) in [6, 6.07) is 22.8. The highest BCUT2D eigenvalue weighted by atomic mass is 79.9. The van der Waals surface area contributed by atoms with E-state index in [1.807, 2.05) is 61.5 Å². The van der Waals surface area contributed by atoms with Gasteiger partial charge >= 0.3 is 5.97 Å². The Kier molecular flexibility index (Phi) is 7.67. The maximum atomic E-state index is 12.3. The van der Waals surface area contributed by atoms with Crippen LogP contribution in [0.1, 0.15) is 28.5 Å². The Labute approximate surface area is 217 Å². The Morgan fingerprint density at radius 3 is 2.56 bits per heavy atom. The van der Waals surface area contributed by atoms with Crippen LogP contribution in [0.25, 0.3) is 16.9 Å². The number of esters is 1. The molecule has 0 fully saturated rings. The number of halogens is 3. The predicted molar refractivity (Wildman–Crippen MR) is 140 cm³/mol. The minimum atomic E-state index is -0.344. The highest BCUT2D eigenvalue weighted by Crippen LogP contribution is 2.36. The Morgan fingerprint density at radius 2 is 1.79 bits per heavy atom. The molecule has 174 valence electrons. The molecule has 0 amide bonds. The van der Waals surface area contributed by atoms with Crippen LogP contribution in [0.15, 0.2) is 77.3 Å². The molecule has 0 atom stereocenters. The normalized spacial score (nSPS) is 10.9. The van der Waals surface area contributed by atoms with Crippen LogP contribution in [-0.2, 0) is 11.3 Å². The molecule has 0 unspecified atom stereocenters. The fraction of sp³-hybridized carbons (Fsp3) is 0.148. The van der Waals surface area contributed by atoms with Gasteiger partial charge in [0.05, 0.1) is 27.9 Å². The second-order valence-corrected chi connectivity index (χ2v) is 9.37. The molecule has 0 spiro atoms. The summed E-state index contributed by atoms with van der Waals surface area (Å²) in [6.45, 7) is 4.48. The monoisotopic (exact) mass is 557 g/mol. The van der Waals surface area contributed by atoms with Gasteiger partial charge in [0.25, 0.3) is 0 Å². The van der Waals surface area contributed by atoms with E-state index in [4.69, 9.17) is 32.7 Å². The minimum Gasteiger partial charge on any atom is -0.488 e. The van der Waals surface area contributed by atoms with Crippen LogP contribution in [-0.4, -0.2) is 17.1 Å². The molecule has 1 aromatic heterocycles. The average molecular weight is 559 g/mol. The molecule has 0 saturated carbocycles. The number of aromatic nitrogens is 1. The first-order valence-electron chi connectivity index (χ1n) is 10.7. The number of nitrogens with zero attached hydrogens (tertiary/aromatic N) is 1. The van der Waals surface area contributed by atoms with Crippen LogP contribution in [0.5, 0.6) is 5.75 Å². The summed E-state index contributed by atoms with van der Waals surface area (Å²) in [5, 5.41) is 0.998. The molecule has 4 aromatic rings. The molecular formula is C27H22BrCl2NO3. The molecule has 7 heteroatoms. The first-order chi connectivity index (χ1) is 16.4. The van der Waals surface area contributed by atoms with E-state index < -0.39 is 0 Å². The third-order valence-corrected chi connectivity index (χ3v) is 6.52. The SMILES string of the molecule is CCOC(=O)c1cccc(-n2c(C)ccc2-c2cc(Br)ccc2OCc2ccc(Cl)c(Cl)c2)c1. The van der Waals surface area contributed by atoms with E-state index in [0.717, 1.165) is 38.4 Å². The van der Waals surface area contributed by atoms with Crippen molar-refractivity contribution in [2.75, 3.05) is 6.61 Å². The van der Waals surface area contributed by atoms with E-state index in [2.05, 4.69) is 20.5 Å². The zero-order chi connectivity index (χ0) is 24.2. The highest BCUT2D eigenvalue weighted by Gasteiger charge is 2.16. The van der Waals surface area contributed by atoms with Crippen molar-refractivity contribution in [2.24, 2.45) is 0 Å². The second-order valence-electron chi connectivity index (χ2n) is 7.64. The van der Waals surface area contributed by atoms with E-state index in [9.17, 15) is 4.79 Å². The largest absolute Gasteiger partial charge is 0.488 e. The predicted octanol–water partition coefficient (Wildman–Crippen LogP) is 8.28. The van der Waals surface area contributed by atoms with Gasteiger partial charge in [-0.3, -0.25) is 0 Å². The lowest BCUT2D eigenvalue weighted by atomic mass is 10.1. The summed E-state index contributed by atoms with van der Waals surface area (Å²) in [7, 11) is 0. The quantitative estimate of drug-likeness (QED) is 0.214. The van der Waals surface area contributed by atoms with Crippen LogP contribution in [0, 0.1) is 6.92 Å². The lowest BCUT2D eigenvalue weighted by Crippen LogP contribution is -2.07. The average Bonchev–Trinajstić information content (AvgIpc) is 3.21. The van der Waals surface area contributed by atoms with E-state index in [1.54, 1.807) is 25.1 Å². The van der Waals surface area contributed by atoms with Crippen LogP contribution < -0.4 is 4.74 Å². The molecule has 4 nitrogen and oxygen atoms in total. The Bertz CT molecular complexity index is 1350. The molecule has 0 aliphatic heterocycles. The van der Waals surface area contributed by atoms with Crippen molar-refractivity contribution in [3.63, 3.8) is 0 Å². The van der Waals surface area contributed by atoms with Gasteiger partial charge in [0.2, 0.25) is 0 Å². The molecule has 0 aliphatic rings. The zero-order valence-corrected chi connectivity index (χ0v) is 21.7. The summed E-state index contributed by atoms with van der Waals surface area (Å²) < 4.78 is 14.4. The summed E-state index contributed by atoms with van der Waals surface area (Å²) in [5.41, 5.74) is 5.14. The van der Waals surface area contributed by atoms with Crippen molar-refractivity contribution >= 4 is 45.1 Å². The molecule has 4 rings (SSSR count). The number of ether oxygens (including phenoxy) is 2.